The molecule has 3 aliphatic rings. The van der Waals surface area contributed by atoms with Gasteiger partial charge >= 0.3 is 0 Å². The lowest BCUT2D eigenvalue weighted by molar-refractivity contribution is -0.188. The summed E-state index contributed by atoms with van der Waals surface area (Å²) in [5.74, 6) is -2.31. The summed E-state index contributed by atoms with van der Waals surface area (Å²) < 4.78 is 72.1. The third-order valence-corrected chi connectivity index (χ3v) is 9.32. The molecule has 3 fully saturated rings. The SMILES string of the molecule is Cc1noc(/C=C/c2ccc(F)cc2F)c1S(=O)(=O)N1CCC(C(=O)N2CCC3(CC2)OCCO3)CC1. The van der Waals surface area contributed by atoms with Gasteiger partial charge < -0.3 is 18.9 Å². The lowest BCUT2D eigenvalue weighted by Gasteiger charge is -2.40. The molecule has 1 amide bonds. The summed E-state index contributed by atoms with van der Waals surface area (Å²) in [6, 6.07) is 3.10. The molecule has 37 heavy (non-hydrogen) atoms. The van der Waals surface area contributed by atoms with Crippen LogP contribution in [0.5, 0.6) is 0 Å². The topological polar surface area (TPSA) is 102 Å². The van der Waals surface area contributed by atoms with E-state index < -0.39 is 27.4 Å². The molecule has 5 rings (SSSR count). The van der Waals surface area contributed by atoms with Crippen LogP contribution in [0.2, 0.25) is 0 Å². The number of hydrogen-bond donors (Lipinski definition) is 0. The molecule has 1 spiro atoms. The number of sulfonamides is 1. The van der Waals surface area contributed by atoms with Crippen LogP contribution in [0, 0.1) is 24.5 Å². The third-order valence-electron chi connectivity index (χ3n) is 7.26. The number of benzene rings is 1. The fourth-order valence-electron chi connectivity index (χ4n) is 5.18. The van der Waals surface area contributed by atoms with Crippen molar-refractivity contribution in [1.29, 1.82) is 0 Å². The molecule has 0 radical (unpaired) electrons. The minimum atomic E-state index is -3.98. The second-order valence-corrected chi connectivity index (χ2v) is 11.4. The Kier molecular flexibility index (Phi) is 7.18. The summed E-state index contributed by atoms with van der Waals surface area (Å²) in [6.07, 6.45) is 4.70. The van der Waals surface area contributed by atoms with Crippen molar-refractivity contribution < 1.29 is 36.0 Å². The monoisotopic (exact) mass is 537 g/mol. The average Bonchev–Trinajstić information content (AvgIpc) is 3.50. The van der Waals surface area contributed by atoms with Crippen LogP contribution in [0.3, 0.4) is 0 Å². The number of aryl methyl sites for hydroxylation is 1. The molecule has 0 bridgehead atoms. The van der Waals surface area contributed by atoms with Gasteiger partial charge in [0, 0.05) is 56.6 Å². The highest BCUT2D eigenvalue weighted by Gasteiger charge is 2.42. The van der Waals surface area contributed by atoms with E-state index in [2.05, 4.69) is 5.16 Å². The first kappa shape index (κ1) is 26.0. The number of amides is 1. The molecule has 9 nitrogen and oxygen atoms in total. The standard InChI is InChI=1S/C25H29F2N3O6S/c1-17-23(22(36-28-17)5-3-18-2-4-20(26)16-21(18)27)37(32,33)30-10-6-19(7-11-30)24(31)29-12-8-25(9-13-29)34-14-15-35-25/h2-5,16,19H,6-15H2,1H3/b5-3+. The van der Waals surface area contributed by atoms with Gasteiger partial charge in [-0.3, -0.25) is 4.79 Å². The molecule has 0 aliphatic carbocycles. The van der Waals surface area contributed by atoms with Crippen LogP contribution in [-0.2, 0) is 24.3 Å². The first-order valence-electron chi connectivity index (χ1n) is 12.3. The van der Waals surface area contributed by atoms with Gasteiger partial charge in [0.1, 0.15) is 17.3 Å². The number of nitrogens with zero attached hydrogens (tertiary/aromatic N) is 3. The van der Waals surface area contributed by atoms with E-state index >= 15 is 0 Å². The zero-order valence-electron chi connectivity index (χ0n) is 20.5. The summed E-state index contributed by atoms with van der Waals surface area (Å²) in [5.41, 5.74) is 0.254. The van der Waals surface area contributed by atoms with Crippen LogP contribution >= 0.6 is 0 Å². The summed E-state index contributed by atoms with van der Waals surface area (Å²) in [5, 5.41) is 3.79. The molecule has 3 aliphatic heterocycles. The molecule has 1 aromatic carbocycles. The van der Waals surface area contributed by atoms with E-state index in [1.165, 1.54) is 29.4 Å². The van der Waals surface area contributed by atoms with E-state index in [-0.39, 0.29) is 46.8 Å². The fourth-order valence-corrected chi connectivity index (χ4v) is 6.90. The highest BCUT2D eigenvalue weighted by molar-refractivity contribution is 7.89. The van der Waals surface area contributed by atoms with Crippen molar-refractivity contribution in [3.63, 3.8) is 0 Å². The number of ether oxygens (including phenoxy) is 2. The Labute approximate surface area is 214 Å². The molecular weight excluding hydrogens is 508 g/mol. The van der Waals surface area contributed by atoms with E-state index in [1.807, 2.05) is 4.90 Å². The number of rotatable bonds is 5. The molecule has 3 saturated heterocycles. The predicted molar refractivity (Wildman–Crippen MR) is 128 cm³/mol. The Morgan fingerprint density at radius 2 is 1.76 bits per heavy atom. The Morgan fingerprint density at radius 3 is 2.41 bits per heavy atom. The summed E-state index contributed by atoms with van der Waals surface area (Å²) in [4.78, 5) is 14.8. The number of carbonyl (C=O) groups excluding carboxylic acids is 1. The van der Waals surface area contributed by atoms with Gasteiger partial charge in [0.15, 0.2) is 16.4 Å². The quantitative estimate of drug-likeness (QED) is 0.577. The molecule has 0 unspecified atom stereocenters. The van der Waals surface area contributed by atoms with Gasteiger partial charge in [0.05, 0.1) is 13.2 Å². The number of hydrogen-bond acceptors (Lipinski definition) is 7. The molecular formula is C25H29F2N3O6S. The lowest BCUT2D eigenvalue weighted by atomic mass is 9.94. The normalized spacial score (nSPS) is 21.3. The van der Waals surface area contributed by atoms with Crippen molar-refractivity contribution in [1.82, 2.24) is 14.4 Å². The van der Waals surface area contributed by atoms with E-state index in [0.29, 0.717) is 52.0 Å². The highest BCUT2D eigenvalue weighted by Crippen LogP contribution is 2.34. The van der Waals surface area contributed by atoms with E-state index in [9.17, 15) is 22.0 Å². The van der Waals surface area contributed by atoms with Crippen LogP contribution in [0.25, 0.3) is 12.2 Å². The maximum atomic E-state index is 14.0. The minimum absolute atomic E-state index is 0.0380. The smallest absolute Gasteiger partial charge is 0.248 e. The number of likely N-dealkylation sites (tertiary alicyclic amines) is 1. The molecule has 0 saturated carbocycles. The van der Waals surface area contributed by atoms with Crippen molar-refractivity contribution in [2.45, 2.75) is 43.3 Å². The van der Waals surface area contributed by atoms with E-state index in [0.717, 1.165) is 12.1 Å². The highest BCUT2D eigenvalue weighted by atomic mass is 32.2. The Balaban J connectivity index is 1.23. The summed E-state index contributed by atoms with van der Waals surface area (Å²) in [7, 11) is -3.98. The average molecular weight is 538 g/mol. The second kappa shape index (κ2) is 10.2. The van der Waals surface area contributed by atoms with E-state index in [4.69, 9.17) is 14.0 Å². The first-order chi connectivity index (χ1) is 17.7. The molecule has 0 N–H and O–H groups in total. The largest absolute Gasteiger partial charge is 0.355 e. The van der Waals surface area contributed by atoms with Crippen molar-refractivity contribution in [2.24, 2.45) is 5.92 Å². The molecule has 1 aromatic heterocycles. The number of carbonyl (C=O) groups is 1. The third kappa shape index (κ3) is 5.20. The Bertz CT molecular complexity index is 1290. The zero-order valence-corrected chi connectivity index (χ0v) is 21.3. The molecule has 200 valence electrons. The van der Waals surface area contributed by atoms with Crippen LogP contribution < -0.4 is 0 Å². The van der Waals surface area contributed by atoms with Crippen LogP contribution in [0.4, 0.5) is 8.78 Å². The second-order valence-electron chi connectivity index (χ2n) is 9.57. The van der Waals surface area contributed by atoms with Crippen molar-refractivity contribution in [3.8, 4) is 0 Å². The van der Waals surface area contributed by atoms with Crippen molar-refractivity contribution in [2.75, 3.05) is 39.4 Å². The number of aromatic nitrogens is 1. The summed E-state index contributed by atoms with van der Waals surface area (Å²) in [6.45, 7) is 4.15. The number of halogens is 2. The lowest BCUT2D eigenvalue weighted by Crippen LogP contribution is -2.50. The minimum Gasteiger partial charge on any atom is -0.355 e. The molecule has 2 aromatic rings. The number of piperidine rings is 2. The Morgan fingerprint density at radius 1 is 1.08 bits per heavy atom. The Hall–Kier alpha value is -2.67. The van der Waals surface area contributed by atoms with Gasteiger partial charge in [-0.25, -0.2) is 17.2 Å². The van der Waals surface area contributed by atoms with Crippen LogP contribution in [-0.4, -0.2) is 73.9 Å². The van der Waals surface area contributed by atoms with Gasteiger partial charge in [-0.15, -0.1) is 0 Å². The maximum Gasteiger partial charge on any atom is 0.248 e. The summed E-state index contributed by atoms with van der Waals surface area (Å²) >= 11 is 0. The van der Waals surface area contributed by atoms with Gasteiger partial charge in [0.25, 0.3) is 0 Å². The van der Waals surface area contributed by atoms with Gasteiger partial charge in [-0.1, -0.05) is 5.16 Å². The van der Waals surface area contributed by atoms with Gasteiger partial charge in [-0.05, 0) is 44.1 Å². The van der Waals surface area contributed by atoms with Gasteiger partial charge in [0.2, 0.25) is 15.9 Å². The van der Waals surface area contributed by atoms with Crippen LogP contribution in [0.1, 0.15) is 42.7 Å². The van der Waals surface area contributed by atoms with Crippen molar-refractivity contribution in [3.05, 3.63) is 46.9 Å². The first-order valence-corrected chi connectivity index (χ1v) is 13.8. The van der Waals surface area contributed by atoms with Crippen molar-refractivity contribution >= 4 is 28.1 Å². The maximum absolute atomic E-state index is 14.0. The molecule has 12 heteroatoms. The fraction of sp³-hybridized carbons (Fsp3) is 0.520. The van der Waals surface area contributed by atoms with Gasteiger partial charge in [-0.2, -0.15) is 4.31 Å². The van der Waals surface area contributed by atoms with E-state index in [1.54, 1.807) is 0 Å². The predicted octanol–water partition coefficient (Wildman–Crippen LogP) is 3.20. The zero-order chi connectivity index (χ0) is 26.2. The molecule has 0 atom stereocenters. The van der Waals surface area contributed by atoms with Crippen LogP contribution in [0.15, 0.2) is 27.6 Å². The molecule has 4 heterocycles.